The van der Waals surface area contributed by atoms with Gasteiger partial charge in [-0.05, 0) is 31.0 Å². The summed E-state index contributed by atoms with van der Waals surface area (Å²) in [5, 5.41) is 3.60. The molecule has 6 nitrogen and oxygen atoms in total. The highest BCUT2D eigenvalue weighted by Gasteiger charge is 2.21. The normalized spacial score (nSPS) is 10.8. The van der Waals surface area contributed by atoms with Crippen LogP contribution in [-0.2, 0) is 6.54 Å². The van der Waals surface area contributed by atoms with Crippen LogP contribution in [0.5, 0.6) is 0 Å². The van der Waals surface area contributed by atoms with Crippen molar-refractivity contribution < 1.29 is 14.0 Å². The molecule has 0 aliphatic heterocycles. The van der Waals surface area contributed by atoms with E-state index in [9.17, 15) is 9.59 Å². The van der Waals surface area contributed by atoms with E-state index in [1.165, 1.54) is 6.26 Å². The molecule has 0 aliphatic rings. The number of benzene rings is 1. The lowest BCUT2D eigenvalue weighted by molar-refractivity contribution is 0.0725. The second-order valence-electron chi connectivity index (χ2n) is 7.15. The lowest BCUT2D eigenvalue weighted by atomic mass is 10.1. The first-order chi connectivity index (χ1) is 14.5. The molecule has 1 heterocycles. The van der Waals surface area contributed by atoms with Gasteiger partial charge in [-0.2, -0.15) is 0 Å². The maximum absolute atomic E-state index is 13.1. The number of rotatable bonds is 12. The molecule has 1 N–H and O–H groups in total. The summed E-state index contributed by atoms with van der Waals surface area (Å²) in [6.07, 6.45) is 7.28. The topological polar surface area (TPSA) is 75.4 Å². The molecular formula is C22H29Cl2N3O3. The van der Waals surface area contributed by atoms with Gasteiger partial charge in [0, 0.05) is 18.1 Å². The average molecular weight is 454 g/mol. The van der Waals surface area contributed by atoms with Gasteiger partial charge in [0.25, 0.3) is 11.8 Å². The van der Waals surface area contributed by atoms with Gasteiger partial charge in [0.1, 0.15) is 6.26 Å². The molecule has 0 bridgehead atoms. The first-order valence-electron chi connectivity index (χ1n) is 10.4. The van der Waals surface area contributed by atoms with E-state index in [4.69, 9.17) is 27.6 Å². The van der Waals surface area contributed by atoms with Gasteiger partial charge in [-0.15, -0.1) is 0 Å². The van der Waals surface area contributed by atoms with Gasteiger partial charge in [0.15, 0.2) is 5.69 Å². The van der Waals surface area contributed by atoms with Crippen molar-refractivity contribution in [3.8, 4) is 0 Å². The van der Waals surface area contributed by atoms with Crippen LogP contribution in [0.3, 0.4) is 0 Å². The molecular weight excluding hydrogens is 425 g/mol. The number of carbonyl (C=O) groups is 2. The largest absolute Gasteiger partial charge is 0.446 e. The van der Waals surface area contributed by atoms with E-state index in [-0.39, 0.29) is 24.1 Å². The number of aromatic nitrogens is 1. The lowest BCUT2D eigenvalue weighted by Gasteiger charge is -2.22. The predicted molar refractivity (Wildman–Crippen MR) is 119 cm³/mol. The SMILES string of the molecule is CCCCCNC(=O)c1coc(CN(CCCCC)C(=O)c2ccc(Cl)cc2Cl)n1. The molecule has 0 fully saturated rings. The Balaban J connectivity index is 2.08. The number of amides is 2. The summed E-state index contributed by atoms with van der Waals surface area (Å²) >= 11 is 12.2. The average Bonchev–Trinajstić information content (AvgIpc) is 3.19. The molecule has 164 valence electrons. The van der Waals surface area contributed by atoms with Crippen molar-refractivity contribution >= 4 is 35.0 Å². The summed E-state index contributed by atoms with van der Waals surface area (Å²) in [6.45, 7) is 5.50. The standard InChI is InChI=1S/C22H29Cl2N3O3/c1-3-5-7-11-25-21(28)19-15-30-20(26-19)14-27(12-8-6-4-2)22(29)17-10-9-16(23)13-18(17)24/h9-10,13,15H,3-8,11-12,14H2,1-2H3,(H,25,28). The minimum Gasteiger partial charge on any atom is -0.446 e. The smallest absolute Gasteiger partial charge is 0.273 e. The van der Waals surface area contributed by atoms with E-state index in [0.29, 0.717) is 34.6 Å². The highest BCUT2D eigenvalue weighted by Crippen LogP contribution is 2.23. The molecule has 2 rings (SSSR count). The van der Waals surface area contributed by atoms with Crippen LogP contribution in [0.25, 0.3) is 0 Å². The van der Waals surface area contributed by atoms with Crippen molar-refractivity contribution in [2.75, 3.05) is 13.1 Å². The van der Waals surface area contributed by atoms with E-state index in [0.717, 1.165) is 38.5 Å². The summed E-state index contributed by atoms with van der Waals surface area (Å²) in [5.41, 5.74) is 0.588. The van der Waals surface area contributed by atoms with E-state index >= 15 is 0 Å². The van der Waals surface area contributed by atoms with Gasteiger partial charge in [0.2, 0.25) is 5.89 Å². The minimum atomic E-state index is -0.272. The quantitative estimate of drug-likeness (QED) is 0.416. The summed E-state index contributed by atoms with van der Waals surface area (Å²) in [5.74, 6) is -0.189. The first kappa shape index (κ1) is 24.2. The zero-order chi connectivity index (χ0) is 21.9. The second kappa shape index (κ2) is 12.6. The first-order valence-corrected chi connectivity index (χ1v) is 11.2. The Morgan fingerprint density at radius 2 is 1.83 bits per heavy atom. The molecule has 0 radical (unpaired) electrons. The van der Waals surface area contributed by atoms with Crippen molar-refractivity contribution in [1.29, 1.82) is 0 Å². The number of hydrogen-bond acceptors (Lipinski definition) is 4. The van der Waals surface area contributed by atoms with Crippen molar-refractivity contribution in [2.24, 2.45) is 0 Å². The number of carbonyl (C=O) groups excluding carboxylic acids is 2. The van der Waals surface area contributed by atoms with Crippen LogP contribution in [0.4, 0.5) is 0 Å². The summed E-state index contributed by atoms with van der Waals surface area (Å²) in [7, 11) is 0. The molecule has 1 aromatic heterocycles. The van der Waals surface area contributed by atoms with Crippen LogP contribution >= 0.6 is 23.2 Å². The second-order valence-corrected chi connectivity index (χ2v) is 7.99. The summed E-state index contributed by atoms with van der Waals surface area (Å²) in [4.78, 5) is 31.2. The van der Waals surface area contributed by atoms with Crippen molar-refractivity contribution in [3.63, 3.8) is 0 Å². The number of hydrogen-bond donors (Lipinski definition) is 1. The Bertz CT molecular complexity index is 839. The fourth-order valence-corrected chi connectivity index (χ4v) is 3.45. The number of oxazole rings is 1. The highest BCUT2D eigenvalue weighted by atomic mass is 35.5. The van der Waals surface area contributed by atoms with E-state index in [1.807, 2.05) is 0 Å². The fourth-order valence-electron chi connectivity index (χ4n) is 2.96. The molecule has 1 aromatic carbocycles. The number of halogens is 2. The Morgan fingerprint density at radius 3 is 2.53 bits per heavy atom. The molecule has 8 heteroatoms. The molecule has 0 saturated heterocycles. The maximum atomic E-state index is 13.1. The van der Waals surface area contributed by atoms with Crippen LogP contribution in [0.2, 0.25) is 10.0 Å². The third-order valence-corrected chi connectivity index (χ3v) is 5.20. The predicted octanol–water partition coefficient (Wildman–Crippen LogP) is 5.73. The molecule has 30 heavy (non-hydrogen) atoms. The number of nitrogens with one attached hydrogen (secondary N) is 1. The van der Waals surface area contributed by atoms with Crippen molar-refractivity contribution in [2.45, 2.75) is 58.9 Å². The van der Waals surface area contributed by atoms with Crippen LogP contribution in [0.15, 0.2) is 28.9 Å². The van der Waals surface area contributed by atoms with Crippen molar-refractivity contribution in [1.82, 2.24) is 15.2 Å². The van der Waals surface area contributed by atoms with E-state index in [2.05, 4.69) is 24.1 Å². The lowest BCUT2D eigenvalue weighted by Crippen LogP contribution is -2.32. The fraction of sp³-hybridized carbons (Fsp3) is 0.500. The van der Waals surface area contributed by atoms with Crippen LogP contribution in [0.1, 0.15) is 79.1 Å². The minimum absolute atomic E-state index is 0.157. The van der Waals surface area contributed by atoms with Crippen molar-refractivity contribution in [3.05, 3.63) is 51.7 Å². The molecule has 2 aromatic rings. The van der Waals surface area contributed by atoms with Gasteiger partial charge < -0.3 is 14.6 Å². The molecule has 0 unspecified atom stereocenters. The van der Waals surface area contributed by atoms with Gasteiger partial charge in [-0.25, -0.2) is 4.98 Å². The Morgan fingerprint density at radius 1 is 1.10 bits per heavy atom. The van der Waals surface area contributed by atoms with Gasteiger partial charge in [-0.3, -0.25) is 9.59 Å². The van der Waals surface area contributed by atoms with E-state index < -0.39 is 0 Å². The third kappa shape index (κ3) is 7.33. The van der Waals surface area contributed by atoms with E-state index in [1.54, 1.807) is 23.1 Å². The number of nitrogens with zero attached hydrogens (tertiary/aromatic N) is 2. The summed E-state index contributed by atoms with van der Waals surface area (Å²) in [6, 6.07) is 4.80. The molecule has 0 saturated carbocycles. The zero-order valence-electron chi connectivity index (χ0n) is 17.5. The molecule has 0 aliphatic carbocycles. The van der Waals surface area contributed by atoms with Crippen LogP contribution in [0, 0.1) is 0 Å². The van der Waals surface area contributed by atoms with Gasteiger partial charge in [-0.1, -0.05) is 62.7 Å². The van der Waals surface area contributed by atoms with Gasteiger partial charge >= 0.3 is 0 Å². The monoisotopic (exact) mass is 453 g/mol. The van der Waals surface area contributed by atoms with Crippen LogP contribution in [-0.4, -0.2) is 34.8 Å². The number of unbranched alkanes of at least 4 members (excludes halogenated alkanes) is 4. The molecule has 0 atom stereocenters. The Labute approximate surface area is 187 Å². The van der Waals surface area contributed by atoms with Gasteiger partial charge in [0.05, 0.1) is 17.1 Å². The Kier molecular flexibility index (Phi) is 10.2. The molecule has 0 spiro atoms. The highest BCUT2D eigenvalue weighted by molar-refractivity contribution is 6.36. The Hall–Kier alpha value is -2.05. The maximum Gasteiger partial charge on any atom is 0.273 e. The van der Waals surface area contributed by atoms with Crippen LogP contribution < -0.4 is 5.32 Å². The zero-order valence-corrected chi connectivity index (χ0v) is 19.1. The molecule has 2 amide bonds. The summed E-state index contributed by atoms with van der Waals surface area (Å²) < 4.78 is 5.47. The third-order valence-electron chi connectivity index (χ3n) is 4.66.